The van der Waals surface area contributed by atoms with Crippen molar-refractivity contribution >= 4 is 10.0 Å². The van der Waals surface area contributed by atoms with E-state index in [-0.39, 0.29) is 0 Å². The SMILES string of the molecule is O=S(=O)(N[C@H](C[NH+]1CCOCC1)c1ccccc1)c1cccc(C(F)(F)F)c1. The summed E-state index contributed by atoms with van der Waals surface area (Å²) in [5.74, 6) is 0. The maximum atomic E-state index is 13.0. The first kappa shape index (κ1) is 20.8. The molecule has 0 aromatic heterocycles. The minimum atomic E-state index is -4.61. The molecule has 2 aromatic rings. The molecule has 152 valence electrons. The standard InChI is InChI=1S/C19H21F3N2O3S/c20-19(21,22)16-7-4-8-17(13-16)28(25,26)23-18(15-5-2-1-3-6-15)14-24-9-11-27-12-10-24/h1-8,13,18,23H,9-12,14H2/p+1/t18-/m1/s1. The molecule has 5 nitrogen and oxygen atoms in total. The second kappa shape index (κ2) is 8.60. The lowest BCUT2D eigenvalue weighted by Crippen LogP contribution is -3.14. The monoisotopic (exact) mass is 415 g/mol. The van der Waals surface area contributed by atoms with Crippen LogP contribution in [0.25, 0.3) is 0 Å². The van der Waals surface area contributed by atoms with Crippen LogP contribution in [0.1, 0.15) is 17.2 Å². The van der Waals surface area contributed by atoms with Gasteiger partial charge in [0.15, 0.2) is 0 Å². The number of hydrogen-bond acceptors (Lipinski definition) is 3. The molecule has 1 fully saturated rings. The Labute approximate surface area is 162 Å². The van der Waals surface area contributed by atoms with Crippen molar-refractivity contribution < 1.29 is 31.2 Å². The highest BCUT2D eigenvalue weighted by molar-refractivity contribution is 7.89. The molecule has 1 aliphatic heterocycles. The quantitative estimate of drug-likeness (QED) is 0.754. The van der Waals surface area contributed by atoms with Gasteiger partial charge >= 0.3 is 6.18 Å². The van der Waals surface area contributed by atoms with Gasteiger partial charge in [-0.2, -0.15) is 17.9 Å². The van der Waals surface area contributed by atoms with Crippen LogP contribution in [-0.4, -0.2) is 41.3 Å². The molecule has 0 aliphatic carbocycles. The van der Waals surface area contributed by atoms with E-state index in [2.05, 4.69) is 4.72 Å². The predicted octanol–water partition coefficient (Wildman–Crippen LogP) is 1.64. The van der Waals surface area contributed by atoms with Gasteiger partial charge in [-0.3, -0.25) is 0 Å². The summed E-state index contributed by atoms with van der Waals surface area (Å²) in [5, 5.41) is 0. The average Bonchev–Trinajstić information content (AvgIpc) is 2.68. The Kier molecular flexibility index (Phi) is 6.39. The molecule has 3 rings (SSSR count). The van der Waals surface area contributed by atoms with E-state index in [1.807, 2.05) is 6.07 Å². The zero-order valence-corrected chi connectivity index (χ0v) is 15.9. The van der Waals surface area contributed by atoms with Gasteiger partial charge < -0.3 is 9.64 Å². The third-order valence-corrected chi connectivity index (χ3v) is 6.13. The number of nitrogens with one attached hydrogen (secondary N) is 2. The van der Waals surface area contributed by atoms with Gasteiger partial charge in [-0.05, 0) is 23.8 Å². The summed E-state index contributed by atoms with van der Waals surface area (Å²) in [5.41, 5.74) is -0.234. The minimum Gasteiger partial charge on any atom is -0.370 e. The summed E-state index contributed by atoms with van der Waals surface area (Å²) in [6.45, 7) is 3.16. The summed E-state index contributed by atoms with van der Waals surface area (Å²) >= 11 is 0. The van der Waals surface area contributed by atoms with Gasteiger partial charge in [0.05, 0.1) is 36.3 Å². The second-order valence-corrected chi connectivity index (χ2v) is 8.39. The van der Waals surface area contributed by atoms with Crippen molar-refractivity contribution in [3.63, 3.8) is 0 Å². The molecule has 1 aliphatic rings. The van der Waals surface area contributed by atoms with E-state index in [1.54, 1.807) is 24.3 Å². The van der Waals surface area contributed by atoms with Crippen LogP contribution in [0, 0.1) is 0 Å². The van der Waals surface area contributed by atoms with Gasteiger partial charge in [0.2, 0.25) is 10.0 Å². The lowest BCUT2D eigenvalue weighted by atomic mass is 10.1. The summed E-state index contributed by atoms with van der Waals surface area (Å²) in [7, 11) is -4.14. The molecule has 0 bridgehead atoms. The van der Waals surface area contributed by atoms with E-state index >= 15 is 0 Å². The van der Waals surface area contributed by atoms with E-state index in [0.717, 1.165) is 30.8 Å². The van der Waals surface area contributed by atoms with E-state index in [1.165, 1.54) is 11.0 Å². The van der Waals surface area contributed by atoms with E-state index < -0.39 is 32.7 Å². The van der Waals surface area contributed by atoms with Crippen LogP contribution in [0.15, 0.2) is 59.5 Å². The number of rotatable bonds is 6. The lowest BCUT2D eigenvalue weighted by molar-refractivity contribution is -0.909. The fraction of sp³-hybridized carbons (Fsp3) is 0.368. The smallest absolute Gasteiger partial charge is 0.370 e. The lowest BCUT2D eigenvalue weighted by Gasteiger charge is -2.28. The zero-order chi connectivity index (χ0) is 20.2. The molecule has 0 unspecified atom stereocenters. The maximum Gasteiger partial charge on any atom is 0.416 e. The van der Waals surface area contributed by atoms with Crippen molar-refractivity contribution in [2.75, 3.05) is 32.8 Å². The fourth-order valence-electron chi connectivity index (χ4n) is 3.16. The zero-order valence-electron chi connectivity index (χ0n) is 15.1. The number of alkyl halides is 3. The summed E-state index contributed by atoms with van der Waals surface area (Å²) < 4.78 is 72.5. The third kappa shape index (κ3) is 5.32. The first-order valence-corrected chi connectivity index (χ1v) is 10.4. The number of hydrogen-bond donors (Lipinski definition) is 2. The Morgan fingerprint density at radius 2 is 1.71 bits per heavy atom. The van der Waals surface area contributed by atoms with Crippen LogP contribution in [-0.2, 0) is 20.9 Å². The number of quaternary nitrogens is 1. The number of benzene rings is 2. The number of ether oxygens (including phenoxy) is 1. The van der Waals surface area contributed by atoms with Crippen LogP contribution < -0.4 is 9.62 Å². The van der Waals surface area contributed by atoms with Crippen molar-refractivity contribution in [3.05, 3.63) is 65.7 Å². The van der Waals surface area contributed by atoms with Gasteiger partial charge in [-0.1, -0.05) is 36.4 Å². The first-order valence-electron chi connectivity index (χ1n) is 8.91. The van der Waals surface area contributed by atoms with Crippen molar-refractivity contribution in [1.29, 1.82) is 0 Å². The molecule has 0 radical (unpaired) electrons. The molecule has 28 heavy (non-hydrogen) atoms. The Morgan fingerprint density at radius 1 is 1.04 bits per heavy atom. The van der Waals surface area contributed by atoms with Crippen LogP contribution in [0.4, 0.5) is 13.2 Å². The normalized spacial score (nSPS) is 17.4. The molecular weight excluding hydrogens is 393 g/mol. The number of halogens is 3. The van der Waals surface area contributed by atoms with E-state index in [0.29, 0.717) is 25.8 Å². The highest BCUT2D eigenvalue weighted by Crippen LogP contribution is 2.30. The van der Waals surface area contributed by atoms with Gasteiger partial charge in [-0.25, -0.2) is 8.42 Å². The molecule has 1 atom stereocenters. The predicted molar refractivity (Wildman–Crippen MR) is 97.3 cm³/mol. The average molecular weight is 415 g/mol. The van der Waals surface area contributed by atoms with E-state index in [4.69, 9.17) is 4.74 Å². The molecule has 2 N–H and O–H groups in total. The van der Waals surface area contributed by atoms with Crippen molar-refractivity contribution in [3.8, 4) is 0 Å². The molecule has 1 heterocycles. The second-order valence-electron chi connectivity index (χ2n) is 6.68. The molecule has 0 spiro atoms. The van der Waals surface area contributed by atoms with Crippen molar-refractivity contribution in [2.45, 2.75) is 17.1 Å². The summed E-state index contributed by atoms with van der Waals surface area (Å²) in [6, 6.07) is 12.3. The largest absolute Gasteiger partial charge is 0.416 e. The summed E-state index contributed by atoms with van der Waals surface area (Å²) in [4.78, 5) is 0.770. The molecule has 9 heteroatoms. The van der Waals surface area contributed by atoms with Crippen molar-refractivity contribution in [2.24, 2.45) is 0 Å². The number of sulfonamides is 1. The Balaban J connectivity index is 1.86. The molecule has 0 amide bonds. The van der Waals surface area contributed by atoms with Crippen molar-refractivity contribution in [1.82, 2.24) is 4.72 Å². The topological polar surface area (TPSA) is 59.8 Å². The highest BCUT2D eigenvalue weighted by atomic mass is 32.2. The Hall–Kier alpha value is -1.94. The minimum absolute atomic E-state index is 0.403. The van der Waals surface area contributed by atoms with Crippen LogP contribution in [0.3, 0.4) is 0 Å². The fourth-order valence-corrected chi connectivity index (χ4v) is 4.43. The molecule has 0 saturated carbocycles. The molecular formula is C19H22F3N2O3S+. The van der Waals surface area contributed by atoms with Gasteiger partial charge in [0.25, 0.3) is 0 Å². The van der Waals surface area contributed by atoms with Crippen LogP contribution >= 0.6 is 0 Å². The number of morpholine rings is 1. The molecule has 2 aromatic carbocycles. The van der Waals surface area contributed by atoms with E-state index in [9.17, 15) is 21.6 Å². The Morgan fingerprint density at radius 3 is 2.36 bits per heavy atom. The highest BCUT2D eigenvalue weighted by Gasteiger charge is 2.32. The van der Waals surface area contributed by atoms with Crippen LogP contribution in [0.2, 0.25) is 0 Å². The van der Waals surface area contributed by atoms with Crippen LogP contribution in [0.5, 0.6) is 0 Å². The third-order valence-electron chi connectivity index (χ3n) is 4.66. The van der Waals surface area contributed by atoms with Gasteiger partial charge in [0.1, 0.15) is 13.1 Å². The first-order chi connectivity index (χ1) is 13.3. The molecule has 1 saturated heterocycles. The summed E-state index contributed by atoms with van der Waals surface area (Å²) in [6.07, 6.45) is -4.61. The van der Waals surface area contributed by atoms with Gasteiger partial charge in [0, 0.05) is 0 Å². The van der Waals surface area contributed by atoms with Gasteiger partial charge in [-0.15, -0.1) is 0 Å². The maximum absolute atomic E-state index is 13.0. The Bertz CT molecular complexity index is 883.